The van der Waals surface area contributed by atoms with Crippen LogP contribution in [0.4, 0.5) is 10.1 Å². The Labute approximate surface area is 122 Å². The quantitative estimate of drug-likeness (QED) is 0.820. The van der Waals surface area contributed by atoms with Crippen molar-refractivity contribution in [3.8, 4) is 0 Å². The minimum atomic E-state index is -0.139. The normalized spacial score (nSPS) is 18.3. The maximum absolute atomic E-state index is 13.5. The molecular formula is C17H27FN2. The van der Waals surface area contributed by atoms with Gasteiger partial charge in [0.15, 0.2) is 0 Å². The Kier molecular flexibility index (Phi) is 5.03. The fourth-order valence-electron chi connectivity index (χ4n) is 2.76. The van der Waals surface area contributed by atoms with Gasteiger partial charge in [-0.15, -0.1) is 0 Å². The molecular weight excluding hydrogens is 251 g/mol. The van der Waals surface area contributed by atoms with E-state index in [9.17, 15) is 4.39 Å². The van der Waals surface area contributed by atoms with E-state index in [4.69, 9.17) is 0 Å². The van der Waals surface area contributed by atoms with Gasteiger partial charge in [-0.2, -0.15) is 0 Å². The Hall–Kier alpha value is -1.09. The van der Waals surface area contributed by atoms with Gasteiger partial charge in [-0.05, 0) is 55.0 Å². The van der Waals surface area contributed by atoms with Crippen molar-refractivity contribution in [3.63, 3.8) is 0 Å². The van der Waals surface area contributed by atoms with E-state index in [1.165, 1.54) is 18.5 Å². The lowest BCUT2D eigenvalue weighted by atomic mass is 9.82. The average Bonchev–Trinajstić information content (AvgIpc) is 2.40. The lowest BCUT2D eigenvalue weighted by Gasteiger charge is -2.39. The standard InChI is InChI=1S/C17H27FN2/c1-4-9-19-13-14-12-15(18)5-6-16(14)20-10-7-17(2,3)8-11-20/h5-6,12,19H,4,7-11,13H2,1-3H3. The van der Waals surface area contributed by atoms with Crippen molar-refractivity contribution >= 4 is 5.69 Å². The van der Waals surface area contributed by atoms with E-state index in [-0.39, 0.29) is 5.82 Å². The van der Waals surface area contributed by atoms with Gasteiger partial charge < -0.3 is 10.2 Å². The molecule has 2 nitrogen and oxygen atoms in total. The molecule has 1 aliphatic rings. The molecule has 0 atom stereocenters. The van der Waals surface area contributed by atoms with Crippen LogP contribution in [0.5, 0.6) is 0 Å². The van der Waals surface area contributed by atoms with E-state index in [1.807, 2.05) is 6.07 Å². The Morgan fingerprint density at radius 2 is 1.95 bits per heavy atom. The molecule has 0 radical (unpaired) electrons. The summed E-state index contributed by atoms with van der Waals surface area (Å²) in [5, 5.41) is 3.38. The third kappa shape index (κ3) is 3.95. The van der Waals surface area contributed by atoms with E-state index in [2.05, 4.69) is 31.0 Å². The van der Waals surface area contributed by atoms with Crippen molar-refractivity contribution in [2.24, 2.45) is 5.41 Å². The fourth-order valence-corrected chi connectivity index (χ4v) is 2.76. The van der Waals surface area contributed by atoms with Crippen LogP contribution in [-0.2, 0) is 6.54 Å². The number of hydrogen-bond acceptors (Lipinski definition) is 2. The minimum Gasteiger partial charge on any atom is -0.371 e. The van der Waals surface area contributed by atoms with Gasteiger partial charge in [-0.3, -0.25) is 0 Å². The number of rotatable bonds is 5. The zero-order valence-corrected chi connectivity index (χ0v) is 13.0. The van der Waals surface area contributed by atoms with Crippen LogP contribution >= 0.6 is 0 Å². The van der Waals surface area contributed by atoms with Crippen molar-refractivity contribution in [3.05, 3.63) is 29.6 Å². The van der Waals surface area contributed by atoms with Crippen molar-refractivity contribution in [1.82, 2.24) is 5.32 Å². The molecule has 0 aliphatic carbocycles. The van der Waals surface area contributed by atoms with Crippen LogP contribution in [0.25, 0.3) is 0 Å². The summed E-state index contributed by atoms with van der Waals surface area (Å²) in [4.78, 5) is 2.41. The average molecular weight is 278 g/mol. The number of halogens is 1. The van der Waals surface area contributed by atoms with Crippen LogP contribution in [0, 0.1) is 11.2 Å². The summed E-state index contributed by atoms with van der Waals surface area (Å²) >= 11 is 0. The van der Waals surface area contributed by atoms with Crippen molar-refractivity contribution in [1.29, 1.82) is 0 Å². The Bertz CT molecular complexity index is 433. The predicted octanol–water partition coefficient (Wildman–Crippen LogP) is 3.95. The van der Waals surface area contributed by atoms with Crippen molar-refractivity contribution in [2.45, 2.75) is 46.6 Å². The number of hydrogen-bond donors (Lipinski definition) is 1. The minimum absolute atomic E-state index is 0.139. The molecule has 0 amide bonds. The summed E-state index contributed by atoms with van der Waals surface area (Å²) in [7, 11) is 0. The predicted molar refractivity (Wildman–Crippen MR) is 83.6 cm³/mol. The zero-order valence-electron chi connectivity index (χ0n) is 13.0. The summed E-state index contributed by atoms with van der Waals surface area (Å²) in [6.45, 7) is 10.7. The monoisotopic (exact) mass is 278 g/mol. The zero-order chi connectivity index (χ0) is 14.6. The van der Waals surface area contributed by atoms with Gasteiger partial charge >= 0.3 is 0 Å². The number of nitrogens with zero attached hydrogens (tertiary/aromatic N) is 1. The van der Waals surface area contributed by atoms with E-state index >= 15 is 0 Å². The van der Waals surface area contributed by atoms with Crippen LogP contribution in [0.3, 0.4) is 0 Å². The molecule has 0 spiro atoms. The first-order valence-electron chi connectivity index (χ1n) is 7.76. The van der Waals surface area contributed by atoms with Crippen molar-refractivity contribution in [2.75, 3.05) is 24.5 Å². The molecule has 0 bridgehead atoms. The first kappa shape index (κ1) is 15.3. The third-order valence-corrected chi connectivity index (χ3v) is 4.24. The van der Waals surface area contributed by atoms with Crippen molar-refractivity contribution < 1.29 is 4.39 Å². The highest BCUT2D eigenvalue weighted by Gasteiger charge is 2.26. The molecule has 1 aliphatic heterocycles. The molecule has 1 heterocycles. The maximum Gasteiger partial charge on any atom is 0.123 e. The highest BCUT2D eigenvalue weighted by molar-refractivity contribution is 5.54. The van der Waals surface area contributed by atoms with Gasteiger partial charge in [0.25, 0.3) is 0 Å². The molecule has 2 rings (SSSR count). The van der Waals surface area contributed by atoms with E-state index < -0.39 is 0 Å². The van der Waals surface area contributed by atoms with E-state index in [0.717, 1.165) is 38.2 Å². The van der Waals surface area contributed by atoms with Crippen LogP contribution in [0.1, 0.15) is 45.6 Å². The molecule has 112 valence electrons. The van der Waals surface area contributed by atoms with Gasteiger partial charge in [-0.25, -0.2) is 4.39 Å². The Balaban J connectivity index is 2.10. The summed E-state index contributed by atoms with van der Waals surface area (Å²) in [5.74, 6) is -0.139. The molecule has 20 heavy (non-hydrogen) atoms. The second kappa shape index (κ2) is 6.57. The number of nitrogens with one attached hydrogen (secondary N) is 1. The Morgan fingerprint density at radius 3 is 2.60 bits per heavy atom. The van der Waals surface area contributed by atoms with Gasteiger partial charge in [0.05, 0.1) is 0 Å². The third-order valence-electron chi connectivity index (χ3n) is 4.24. The lowest BCUT2D eigenvalue weighted by molar-refractivity contribution is 0.279. The van der Waals surface area contributed by atoms with Crippen LogP contribution in [0.2, 0.25) is 0 Å². The highest BCUT2D eigenvalue weighted by Crippen LogP contribution is 2.33. The SMILES string of the molecule is CCCNCc1cc(F)ccc1N1CCC(C)(C)CC1. The smallest absolute Gasteiger partial charge is 0.123 e. The summed E-state index contributed by atoms with van der Waals surface area (Å²) in [6, 6.07) is 5.20. The first-order valence-corrected chi connectivity index (χ1v) is 7.76. The van der Waals surface area contributed by atoms with E-state index in [1.54, 1.807) is 12.1 Å². The highest BCUT2D eigenvalue weighted by atomic mass is 19.1. The summed E-state index contributed by atoms with van der Waals surface area (Å²) in [6.07, 6.45) is 3.50. The van der Waals surface area contributed by atoms with E-state index in [0.29, 0.717) is 5.41 Å². The molecule has 3 heteroatoms. The fraction of sp³-hybridized carbons (Fsp3) is 0.647. The Morgan fingerprint density at radius 1 is 1.25 bits per heavy atom. The summed E-state index contributed by atoms with van der Waals surface area (Å²) in [5.41, 5.74) is 2.72. The number of benzene rings is 1. The van der Waals surface area contributed by atoms with Gasteiger partial charge in [0.2, 0.25) is 0 Å². The first-order chi connectivity index (χ1) is 9.52. The molecule has 1 aromatic rings. The molecule has 0 unspecified atom stereocenters. The van der Waals surface area contributed by atoms with Gasteiger partial charge in [0.1, 0.15) is 5.82 Å². The van der Waals surface area contributed by atoms with Crippen LogP contribution < -0.4 is 10.2 Å². The lowest BCUT2D eigenvalue weighted by Crippen LogP contribution is -2.38. The largest absolute Gasteiger partial charge is 0.371 e. The molecule has 0 aromatic heterocycles. The molecule has 1 fully saturated rings. The van der Waals surface area contributed by atoms with Gasteiger partial charge in [-0.1, -0.05) is 20.8 Å². The van der Waals surface area contributed by atoms with Crippen LogP contribution in [-0.4, -0.2) is 19.6 Å². The molecule has 1 saturated heterocycles. The molecule has 0 saturated carbocycles. The number of anilines is 1. The molecule has 1 aromatic carbocycles. The number of piperidine rings is 1. The second-order valence-electron chi connectivity index (χ2n) is 6.60. The van der Waals surface area contributed by atoms with Gasteiger partial charge in [0, 0.05) is 25.3 Å². The molecule has 1 N–H and O–H groups in total. The summed E-state index contributed by atoms with van der Waals surface area (Å²) < 4.78 is 13.5. The van der Waals surface area contributed by atoms with Crippen LogP contribution in [0.15, 0.2) is 18.2 Å². The topological polar surface area (TPSA) is 15.3 Å². The second-order valence-corrected chi connectivity index (χ2v) is 6.60. The maximum atomic E-state index is 13.5.